The first-order valence-corrected chi connectivity index (χ1v) is 5.86. The third kappa shape index (κ3) is 2.66. The van der Waals surface area contributed by atoms with E-state index in [1.54, 1.807) is 0 Å². The lowest BCUT2D eigenvalue weighted by Crippen LogP contribution is -1.97. The molecule has 0 amide bonds. The average Bonchev–Trinajstić information content (AvgIpc) is 2.37. The molecule has 2 nitrogen and oxygen atoms in total. The summed E-state index contributed by atoms with van der Waals surface area (Å²) >= 11 is 0. The molecule has 0 atom stereocenters. The van der Waals surface area contributed by atoms with Gasteiger partial charge in [0.1, 0.15) is 0 Å². The van der Waals surface area contributed by atoms with E-state index < -0.39 is 0 Å². The Kier molecular flexibility index (Phi) is 3.78. The van der Waals surface area contributed by atoms with Crippen LogP contribution in [0.1, 0.15) is 12.0 Å². The van der Waals surface area contributed by atoms with Gasteiger partial charge in [-0.3, -0.25) is 0 Å². The fourth-order valence-electron chi connectivity index (χ4n) is 2.05. The topological polar surface area (TPSA) is 46.2 Å². The van der Waals surface area contributed by atoms with E-state index in [0.717, 1.165) is 29.7 Å². The molecule has 0 fully saturated rings. The van der Waals surface area contributed by atoms with Crippen molar-refractivity contribution < 1.29 is 5.11 Å². The van der Waals surface area contributed by atoms with Gasteiger partial charge in [-0.1, -0.05) is 42.5 Å². The number of hydrogen-bond acceptors (Lipinski definition) is 2. The Hall–Kier alpha value is -1.80. The number of aliphatic hydroxyl groups is 1. The van der Waals surface area contributed by atoms with Gasteiger partial charge in [-0.25, -0.2) is 0 Å². The number of rotatable bonds is 4. The molecule has 0 saturated carbocycles. The lowest BCUT2D eigenvalue weighted by atomic mass is 9.95. The van der Waals surface area contributed by atoms with Crippen LogP contribution in [0.15, 0.2) is 48.5 Å². The molecular formula is C15H17NO. The van der Waals surface area contributed by atoms with Gasteiger partial charge in [-0.2, -0.15) is 0 Å². The second-order valence-electron chi connectivity index (χ2n) is 4.07. The van der Waals surface area contributed by atoms with Gasteiger partial charge in [0.05, 0.1) is 0 Å². The van der Waals surface area contributed by atoms with E-state index in [1.165, 1.54) is 5.56 Å². The highest BCUT2D eigenvalue weighted by Gasteiger charge is 2.07. The number of anilines is 1. The van der Waals surface area contributed by atoms with Crippen LogP contribution in [-0.2, 0) is 6.42 Å². The van der Waals surface area contributed by atoms with E-state index in [2.05, 4.69) is 18.2 Å². The van der Waals surface area contributed by atoms with Crippen molar-refractivity contribution in [2.45, 2.75) is 12.8 Å². The highest BCUT2D eigenvalue weighted by molar-refractivity contribution is 5.79. The minimum absolute atomic E-state index is 0.211. The third-order valence-electron chi connectivity index (χ3n) is 2.85. The first kappa shape index (κ1) is 11.7. The molecule has 88 valence electrons. The second kappa shape index (κ2) is 5.51. The molecule has 0 aliphatic heterocycles. The summed E-state index contributed by atoms with van der Waals surface area (Å²) in [4.78, 5) is 0. The molecular weight excluding hydrogens is 210 g/mol. The van der Waals surface area contributed by atoms with Crippen LogP contribution in [0.5, 0.6) is 0 Å². The van der Waals surface area contributed by atoms with Crippen LogP contribution in [0, 0.1) is 0 Å². The number of aryl methyl sites for hydroxylation is 1. The van der Waals surface area contributed by atoms with E-state index in [0.29, 0.717) is 0 Å². The second-order valence-corrected chi connectivity index (χ2v) is 4.07. The van der Waals surface area contributed by atoms with E-state index in [1.807, 2.05) is 30.3 Å². The highest BCUT2D eigenvalue weighted by atomic mass is 16.2. The zero-order valence-electron chi connectivity index (χ0n) is 9.76. The molecule has 2 heteroatoms. The minimum Gasteiger partial charge on any atom is -0.398 e. The monoisotopic (exact) mass is 227 g/mol. The Morgan fingerprint density at radius 1 is 0.941 bits per heavy atom. The molecule has 0 aromatic heterocycles. The van der Waals surface area contributed by atoms with Gasteiger partial charge < -0.3 is 10.8 Å². The summed E-state index contributed by atoms with van der Waals surface area (Å²) in [6, 6.07) is 16.1. The molecule has 0 spiro atoms. The molecule has 3 N–H and O–H groups in total. The Morgan fingerprint density at radius 3 is 2.41 bits per heavy atom. The van der Waals surface area contributed by atoms with Crippen LogP contribution in [0.4, 0.5) is 5.69 Å². The molecule has 0 aliphatic rings. The summed E-state index contributed by atoms with van der Waals surface area (Å²) in [6.45, 7) is 0.211. The molecule has 0 unspecified atom stereocenters. The molecule has 17 heavy (non-hydrogen) atoms. The first-order valence-electron chi connectivity index (χ1n) is 5.86. The molecule has 0 radical (unpaired) electrons. The van der Waals surface area contributed by atoms with Gasteiger partial charge in [0, 0.05) is 17.9 Å². The fourth-order valence-corrected chi connectivity index (χ4v) is 2.05. The van der Waals surface area contributed by atoms with E-state index in [-0.39, 0.29) is 6.61 Å². The molecule has 2 aromatic carbocycles. The average molecular weight is 227 g/mol. The van der Waals surface area contributed by atoms with E-state index in [9.17, 15) is 0 Å². The van der Waals surface area contributed by atoms with E-state index >= 15 is 0 Å². The van der Waals surface area contributed by atoms with Gasteiger partial charge in [0.25, 0.3) is 0 Å². The minimum atomic E-state index is 0.211. The van der Waals surface area contributed by atoms with Crippen molar-refractivity contribution in [1.29, 1.82) is 0 Å². The summed E-state index contributed by atoms with van der Waals surface area (Å²) in [5.74, 6) is 0. The third-order valence-corrected chi connectivity index (χ3v) is 2.85. The number of nitrogens with two attached hydrogens (primary N) is 1. The van der Waals surface area contributed by atoms with Gasteiger partial charge in [-0.15, -0.1) is 0 Å². The number of aliphatic hydroxyl groups excluding tert-OH is 1. The molecule has 0 saturated heterocycles. The first-order chi connectivity index (χ1) is 8.33. The summed E-state index contributed by atoms with van der Waals surface area (Å²) in [6.07, 6.45) is 1.62. The molecule has 0 bridgehead atoms. The van der Waals surface area contributed by atoms with Crippen molar-refractivity contribution in [2.75, 3.05) is 12.3 Å². The maximum absolute atomic E-state index is 8.93. The van der Waals surface area contributed by atoms with Crippen molar-refractivity contribution in [3.63, 3.8) is 0 Å². The van der Waals surface area contributed by atoms with Gasteiger partial charge >= 0.3 is 0 Å². The Morgan fingerprint density at radius 2 is 1.71 bits per heavy atom. The predicted molar refractivity (Wildman–Crippen MR) is 71.7 cm³/mol. The van der Waals surface area contributed by atoms with Gasteiger partial charge in [-0.05, 0) is 30.0 Å². The van der Waals surface area contributed by atoms with Gasteiger partial charge in [0.15, 0.2) is 0 Å². The lowest BCUT2D eigenvalue weighted by Gasteiger charge is -2.12. The fraction of sp³-hybridized carbons (Fsp3) is 0.200. The van der Waals surface area contributed by atoms with Crippen LogP contribution < -0.4 is 5.73 Å². The highest BCUT2D eigenvalue weighted by Crippen LogP contribution is 2.30. The Balaban J connectivity index is 2.44. The zero-order chi connectivity index (χ0) is 12.1. The SMILES string of the molecule is Nc1cccc(CCCO)c1-c1ccccc1. The van der Waals surface area contributed by atoms with Crippen LogP contribution in [0.3, 0.4) is 0 Å². The van der Waals surface area contributed by atoms with Gasteiger partial charge in [0.2, 0.25) is 0 Å². The predicted octanol–water partition coefficient (Wildman–Crippen LogP) is 2.86. The smallest absolute Gasteiger partial charge is 0.0434 e. The van der Waals surface area contributed by atoms with Crippen molar-refractivity contribution in [3.05, 3.63) is 54.1 Å². The largest absolute Gasteiger partial charge is 0.398 e. The Bertz CT molecular complexity index is 480. The summed E-state index contributed by atoms with van der Waals surface area (Å²) in [5, 5.41) is 8.93. The number of hydrogen-bond donors (Lipinski definition) is 2. The maximum Gasteiger partial charge on any atom is 0.0434 e. The van der Waals surface area contributed by atoms with Crippen LogP contribution in [0.25, 0.3) is 11.1 Å². The molecule has 2 aromatic rings. The number of benzene rings is 2. The van der Waals surface area contributed by atoms with Crippen molar-refractivity contribution in [2.24, 2.45) is 0 Å². The summed E-state index contributed by atoms with van der Waals surface area (Å²) < 4.78 is 0. The normalized spacial score (nSPS) is 10.4. The maximum atomic E-state index is 8.93. The quantitative estimate of drug-likeness (QED) is 0.789. The van der Waals surface area contributed by atoms with Crippen molar-refractivity contribution >= 4 is 5.69 Å². The standard InChI is InChI=1S/C15H17NO/c16-14-10-4-8-13(9-5-11-17)15(14)12-6-2-1-3-7-12/h1-4,6-8,10,17H,5,9,11,16H2. The van der Waals surface area contributed by atoms with Crippen molar-refractivity contribution in [3.8, 4) is 11.1 Å². The Labute approximate surface area is 102 Å². The molecule has 0 aliphatic carbocycles. The molecule has 0 heterocycles. The number of nitrogen functional groups attached to an aromatic ring is 1. The van der Waals surface area contributed by atoms with Crippen LogP contribution in [0.2, 0.25) is 0 Å². The van der Waals surface area contributed by atoms with Crippen LogP contribution >= 0.6 is 0 Å². The molecule has 2 rings (SSSR count). The zero-order valence-corrected chi connectivity index (χ0v) is 9.76. The van der Waals surface area contributed by atoms with Crippen LogP contribution in [-0.4, -0.2) is 11.7 Å². The van der Waals surface area contributed by atoms with E-state index in [4.69, 9.17) is 10.8 Å². The van der Waals surface area contributed by atoms with Crippen molar-refractivity contribution in [1.82, 2.24) is 0 Å². The summed E-state index contributed by atoms with van der Waals surface area (Å²) in [7, 11) is 0. The lowest BCUT2D eigenvalue weighted by molar-refractivity contribution is 0.288. The summed E-state index contributed by atoms with van der Waals surface area (Å²) in [5.41, 5.74) is 10.3.